The maximum atomic E-state index is 15.5. The quantitative estimate of drug-likeness (QED) is 0.435. The number of nitrogens with zero attached hydrogens (tertiary/aromatic N) is 6. The topological polar surface area (TPSA) is 105 Å². The fourth-order valence-corrected chi connectivity index (χ4v) is 6.96. The van der Waals surface area contributed by atoms with E-state index in [0.717, 1.165) is 63.0 Å². The second-order valence-corrected chi connectivity index (χ2v) is 12.2. The third kappa shape index (κ3) is 4.43. The summed E-state index contributed by atoms with van der Waals surface area (Å²) in [6.45, 7) is 6.18. The standard InChI is InChI=1S/C29H36F2N8O/c1-16-8-21(32)35-26(22(16)18-4-5-18)25-23-24(20(31)12-34-25)36-28(37-27(23)38(2)13-17-10-33-11-17)40-15-29-6-3-7-39(29)14-19(30)9-29/h8,12,17-19,33H,3-7,9-11,13-15H2,1-2H3,(H2,32,35)/t19-,29+/m1/s1. The van der Waals surface area contributed by atoms with E-state index in [9.17, 15) is 4.39 Å². The number of alkyl halides is 1. The molecule has 0 bridgehead atoms. The Bertz CT molecular complexity index is 1460. The van der Waals surface area contributed by atoms with E-state index in [0.29, 0.717) is 53.2 Å². The van der Waals surface area contributed by atoms with Gasteiger partial charge in [-0.05, 0) is 62.3 Å². The van der Waals surface area contributed by atoms with Crippen LogP contribution >= 0.6 is 0 Å². The van der Waals surface area contributed by atoms with Crippen LogP contribution in [-0.2, 0) is 0 Å². The van der Waals surface area contributed by atoms with Crippen LogP contribution in [0.5, 0.6) is 6.01 Å². The Morgan fingerprint density at radius 3 is 2.80 bits per heavy atom. The zero-order valence-corrected chi connectivity index (χ0v) is 23.1. The van der Waals surface area contributed by atoms with Gasteiger partial charge in [0.05, 0.1) is 22.8 Å². The first-order chi connectivity index (χ1) is 19.3. The highest BCUT2D eigenvalue weighted by atomic mass is 19.1. The van der Waals surface area contributed by atoms with E-state index in [2.05, 4.69) is 20.2 Å². The highest BCUT2D eigenvalue weighted by Crippen LogP contribution is 2.47. The second-order valence-electron chi connectivity index (χ2n) is 12.2. The van der Waals surface area contributed by atoms with Crippen molar-refractivity contribution in [3.05, 3.63) is 29.2 Å². The minimum absolute atomic E-state index is 0.0970. The molecule has 11 heteroatoms. The number of nitrogens with one attached hydrogen (secondary N) is 1. The first kappa shape index (κ1) is 25.8. The Morgan fingerprint density at radius 1 is 1.23 bits per heavy atom. The normalized spacial score (nSPS) is 24.9. The van der Waals surface area contributed by atoms with Gasteiger partial charge in [-0.25, -0.2) is 13.8 Å². The number of anilines is 2. The van der Waals surface area contributed by atoms with Gasteiger partial charge in [-0.2, -0.15) is 9.97 Å². The predicted octanol–water partition coefficient (Wildman–Crippen LogP) is 3.60. The average Bonchev–Trinajstić information content (AvgIpc) is 3.58. The Balaban J connectivity index is 1.35. The van der Waals surface area contributed by atoms with Crippen molar-refractivity contribution in [3.63, 3.8) is 0 Å². The molecule has 3 aromatic rings. The van der Waals surface area contributed by atoms with Gasteiger partial charge in [-0.1, -0.05) is 0 Å². The molecule has 3 aromatic heterocycles. The number of halogens is 2. The van der Waals surface area contributed by atoms with Gasteiger partial charge in [0, 0.05) is 45.6 Å². The third-order valence-electron chi connectivity index (χ3n) is 9.13. The maximum Gasteiger partial charge on any atom is 0.319 e. The summed E-state index contributed by atoms with van der Waals surface area (Å²) in [6.07, 6.45) is 4.81. The predicted molar refractivity (Wildman–Crippen MR) is 150 cm³/mol. The summed E-state index contributed by atoms with van der Waals surface area (Å²) in [4.78, 5) is 23.0. The zero-order chi connectivity index (χ0) is 27.6. The van der Waals surface area contributed by atoms with Gasteiger partial charge in [-0.15, -0.1) is 0 Å². The Labute approximate surface area is 232 Å². The van der Waals surface area contributed by atoms with Crippen LogP contribution in [-0.4, -0.2) is 82.9 Å². The van der Waals surface area contributed by atoms with Gasteiger partial charge in [0.2, 0.25) is 0 Å². The Kier molecular flexibility index (Phi) is 6.27. The Hall–Kier alpha value is -3.18. The van der Waals surface area contributed by atoms with Crippen LogP contribution < -0.4 is 20.7 Å². The summed E-state index contributed by atoms with van der Waals surface area (Å²) < 4.78 is 36.1. The van der Waals surface area contributed by atoms with Crippen LogP contribution in [0.25, 0.3) is 22.3 Å². The van der Waals surface area contributed by atoms with Crippen molar-refractivity contribution in [1.82, 2.24) is 30.2 Å². The van der Waals surface area contributed by atoms with E-state index >= 15 is 4.39 Å². The van der Waals surface area contributed by atoms with E-state index in [1.165, 1.54) is 6.20 Å². The molecule has 1 saturated carbocycles. The van der Waals surface area contributed by atoms with Crippen LogP contribution in [0.2, 0.25) is 0 Å². The number of aromatic nitrogens is 4. The van der Waals surface area contributed by atoms with Crippen molar-refractivity contribution < 1.29 is 13.5 Å². The lowest BCUT2D eigenvalue weighted by Gasteiger charge is -2.33. The van der Waals surface area contributed by atoms with Gasteiger partial charge >= 0.3 is 6.01 Å². The molecule has 3 N–H and O–H groups in total. The van der Waals surface area contributed by atoms with E-state index < -0.39 is 12.0 Å². The van der Waals surface area contributed by atoms with Crippen LogP contribution in [0, 0.1) is 18.7 Å². The van der Waals surface area contributed by atoms with Gasteiger partial charge in [0.15, 0.2) is 5.82 Å². The van der Waals surface area contributed by atoms with E-state index in [-0.39, 0.29) is 23.7 Å². The summed E-state index contributed by atoms with van der Waals surface area (Å²) in [7, 11) is 1.96. The monoisotopic (exact) mass is 550 g/mol. The number of ether oxygens (including phenoxy) is 1. The van der Waals surface area contributed by atoms with Gasteiger partial charge in [0.25, 0.3) is 0 Å². The molecule has 3 aliphatic heterocycles. The number of aryl methyl sites for hydroxylation is 1. The van der Waals surface area contributed by atoms with Crippen molar-refractivity contribution in [1.29, 1.82) is 0 Å². The fraction of sp³-hybridized carbons (Fsp3) is 0.586. The first-order valence-electron chi connectivity index (χ1n) is 14.4. The van der Waals surface area contributed by atoms with Crippen LogP contribution in [0.3, 0.4) is 0 Å². The molecule has 0 aromatic carbocycles. The minimum atomic E-state index is -0.861. The highest BCUT2D eigenvalue weighted by molar-refractivity contribution is 6.01. The number of nitrogen functional groups attached to an aromatic ring is 1. The first-order valence-corrected chi connectivity index (χ1v) is 14.4. The van der Waals surface area contributed by atoms with Crippen LogP contribution in [0.15, 0.2) is 12.3 Å². The molecule has 0 unspecified atom stereocenters. The molecular weight excluding hydrogens is 514 g/mol. The maximum absolute atomic E-state index is 15.5. The zero-order valence-electron chi connectivity index (χ0n) is 23.1. The number of rotatable bonds is 8. The SMILES string of the molecule is Cc1cc(N)nc(-c2ncc(F)c3nc(OC[C@@]45CCCN4C[C@H](F)C5)nc(N(C)CC4CNC4)c23)c1C1CC1. The van der Waals surface area contributed by atoms with E-state index in [4.69, 9.17) is 20.4 Å². The molecule has 0 amide bonds. The molecule has 2 atom stereocenters. The summed E-state index contributed by atoms with van der Waals surface area (Å²) >= 11 is 0. The second kappa shape index (κ2) is 9.73. The van der Waals surface area contributed by atoms with Crippen molar-refractivity contribution in [2.45, 2.75) is 56.7 Å². The van der Waals surface area contributed by atoms with Crippen molar-refractivity contribution in [2.75, 3.05) is 57.0 Å². The molecule has 4 aliphatic rings. The molecule has 6 heterocycles. The number of pyridine rings is 2. The third-order valence-corrected chi connectivity index (χ3v) is 9.13. The molecule has 212 valence electrons. The summed E-state index contributed by atoms with van der Waals surface area (Å²) in [6, 6.07) is 1.98. The van der Waals surface area contributed by atoms with E-state index in [1.54, 1.807) is 0 Å². The van der Waals surface area contributed by atoms with Gasteiger partial charge in [0.1, 0.15) is 35.6 Å². The summed E-state index contributed by atoms with van der Waals surface area (Å²) in [5, 5.41) is 3.82. The summed E-state index contributed by atoms with van der Waals surface area (Å²) in [5.74, 6) is 1.23. The Morgan fingerprint density at radius 2 is 2.05 bits per heavy atom. The van der Waals surface area contributed by atoms with Gasteiger partial charge < -0.3 is 20.7 Å². The van der Waals surface area contributed by atoms with Gasteiger partial charge in [-0.3, -0.25) is 9.88 Å². The fourth-order valence-electron chi connectivity index (χ4n) is 6.96. The molecular formula is C29H36F2N8O. The minimum Gasteiger partial charge on any atom is -0.461 e. The molecule has 0 radical (unpaired) electrons. The molecule has 9 nitrogen and oxygen atoms in total. The molecule has 3 saturated heterocycles. The van der Waals surface area contributed by atoms with E-state index in [1.807, 2.05) is 24.9 Å². The smallest absolute Gasteiger partial charge is 0.319 e. The van der Waals surface area contributed by atoms with Crippen molar-refractivity contribution in [2.24, 2.45) is 5.92 Å². The molecule has 7 rings (SSSR count). The van der Waals surface area contributed by atoms with Crippen LogP contribution in [0.4, 0.5) is 20.4 Å². The van der Waals surface area contributed by atoms with Crippen molar-refractivity contribution >= 4 is 22.5 Å². The molecule has 0 spiro atoms. The lowest BCUT2D eigenvalue weighted by molar-refractivity contribution is 0.107. The lowest BCUT2D eigenvalue weighted by atomic mass is 9.95. The number of hydrogen-bond acceptors (Lipinski definition) is 9. The molecule has 40 heavy (non-hydrogen) atoms. The molecule has 4 fully saturated rings. The summed E-state index contributed by atoms with van der Waals surface area (Å²) in [5.41, 5.74) is 9.36. The highest BCUT2D eigenvalue weighted by Gasteiger charge is 2.49. The van der Waals surface area contributed by atoms with Crippen molar-refractivity contribution in [3.8, 4) is 17.4 Å². The van der Waals surface area contributed by atoms with Crippen LogP contribution in [0.1, 0.15) is 49.1 Å². The number of fused-ring (bicyclic) bond motifs is 2. The molecule has 1 aliphatic carbocycles. The number of hydrogen-bond donors (Lipinski definition) is 2. The number of nitrogens with two attached hydrogens (primary N) is 1. The lowest BCUT2D eigenvalue weighted by Crippen LogP contribution is -2.47. The largest absolute Gasteiger partial charge is 0.461 e. The average molecular weight is 551 g/mol.